The van der Waals surface area contributed by atoms with Crippen LogP contribution >= 0.6 is 34.5 Å². The van der Waals surface area contributed by atoms with E-state index in [-0.39, 0.29) is 34.2 Å². The van der Waals surface area contributed by atoms with E-state index < -0.39 is 60.6 Å². The first-order valence-electron chi connectivity index (χ1n) is 12.2. The maximum Gasteiger partial charge on any atom is 0.404 e. The Hall–Kier alpha value is -2.48. The number of likely N-dealkylation sites (tertiary alicyclic amines) is 1. The second kappa shape index (κ2) is 12.4. The maximum absolute atomic E-state index is 13.6. The van der Waals surface area contributed by atoms with Crippen LogP contribution in [0.3, 0.4) is 0 Å². The first-order chi connectivity index (χ1) is 18.9. The molecule has 1 aliphatic rings. The van der Waals surface area contributed by atoms with E-state index in [1.807, 2.05) is 0 Å². The summed E-state index contributed by atoms with van der Waals surface area (Å²) in [4.78, 5) is 31.3. The van der Waals surface area contributed by atoms with Crippen molar-refractivity contribution < 1.29 is 36.3 Å². The van der Waals surface area contributed by atoms with Crippen LogP contribution < -0.4 is 10.0 Å². The van der Waals surface area contributed by atoms with Crippen LogP contribution in [0, 0.1) is 11.3 Å². The molecule has 1 fully saturated rings. The number of aliphatic hydroxyl groups is 1. The molecule has 0 aliphatic carbocycles. The van der Waals surface area contributed by atoms with Crippen molar-refractivity contribution >= 4 is 56.4 Å². The number of thiazole rings is 1. The monoisotopic (exact) mass is 655 g/mol. The van der Waals surface area contributed by atoms with E-state index in [9.17, 15) is 41.5 Å². The second-order valence-electron chi connectivity index (χ2n) is 9.95. The van der Waals surface area contributed by atoms with Crippen LogP contribution in [-0.4, -0.2) is 72.2 Å². The lowest BCUT2D eigenvalue weighted by Gasteiger charge is -2.31. The lowest BCUT2D eigenvalue weighted by Crippen LogP contribution is -2.43. The van der Waals surface area contributed by atoms with E-state index in [4.69, 9.17) is 23.2 Å². The minimum absolute atomic E-state index is 0.00704. The molecule has 0 bridgehead atoms. The number of carbonyl (C=O) groups is 2. The fourth-order valence-electron chi connectivity index (χ4n) is 3.84. The van der Waals surface area contributed by atoms with Gasteiger partial charge >= 0.3 is 6.18 Å². The molecule has 17 heteroatoms. The molecular formula is C24H26Cl2F3N5O5S2. The van der Waals surface area contributed by atoms with E-state index in [1.165, 1.54) is 23.5 Å². The molecule has 2 heterocycles. The molecule has 0 radical (unpaired) electrons. The van der Waals surface area contributed by atoms with Crippen molar-refractivity contribution in [2.24, 2.45) is 0 Å². The van der Waals surface area contributed by atoms with Gasteiger partial charge in [0.1, 0.15) is 22.7 Å². The van der Waals surface area contributed by atoms with Crippen LogP contribution in [0.15, 0.2) is 17.0 Å². The average Bonchev–Trinajstić information content (AvgIpc) is 3.32. The van der Waals surface area contributed by atoms with Gasteiger partial charge in [0, 0.05) is 18.7 Å². The van der Waals surface area contributed by atoms with Crippen LogP contribution in [0.5, 0.6) is 0 Å². The number of halogens is 5. The van der Waals surface area contributed by atoms with Gasteiger partial charge in [0.25, 0.3) is 11.8 Å². The molecule has 2 unspecified atom stereocenters. The number of nitriles is 1. The number of carbonyl (C=O) groups excluding carboxylic acids is 2. The van der Waals surface area contributed by atoms with Gasteiger partial charge < -0.3 is 15.3 Å². The Bertz CT molecular complexity index is 1490. The molecule has 1 aliphatic heterocycles. The summed E-state index contributed by atoms with van der Waals surface area (Å²) in [6, 6.07) is 0.976. The number of benzene rings is 1. The van der Waals surface area contributed by atoms with Gasteiger partial charge in [0.15, 0.2) is 5.01 Å². The number of piperidine rings is 1. The van der Waals surface area contributed by atoms with Crippen LogP contribution in [0.25, 0.3) is 10.4 Å². The summed E-state index contributed by atoms with van der Waals surface area (Å²) in [5.74, 6) is -1.40. The van der Waals surface area contributed by atoms with Crippen molar-refractivity contribution in [1.29, 1.82) is 5.26 Å². The molecule has 3 rings (SSSR count). The van der Waals surface area contributed by atoms with Gasteiger partial charge in [-0.1, -0.05) is 29.3 Å². The van der Waals surface area contributed by atoms with Gasteiger partial charge in [-0.25, -0.2) is 13.4 Å². The molecule has 3 N–H and O–H groups in total. The number of hydrogen-bond donors (Lipinski definition) is 3. The van der Waals surface area contributed by atoms with Crippen molar-refractivity contribution in [2.75, 3.05) is 13.1 Å². The number of nitrogens with zero attached hydrogens (tertiary/aromatic N) is 3. The highest BCUT2D eigenvalue weighted by Gasteiger charge is 2.40. The summed E-state index contributed by atoms with van der Waals surface area (Å²) in [7, 11) is -4.78. The SMILES string of the molecule is CC(NS(=O)(=O)c1ccc(-c2sc(C(=O)NCC(C)(C)O)nc2C(=O)N2CCCCC2C#N)c(Cl)c1Cl)C(F)(F)F. The average molecular weight is 657 g/mol. The van der Waals surface area contributed by atoms with Gasteiger partial charge in [0.2, 0.25) is 10.0 Å². The van der Waals surface area contributed by atoms with Crippen LogP contribution in [0.2, 0.25) is 10.0 Å². The van der Waals surface area contributed by atoms with Crippen molar-refractivity contribution in [3.05, 3.63) is 32.9 Å². The number of rotatable bonds is 8. The van der Waals surface area contributed by atoms with Crippen molar-refractivity contribution in [2.45, 2.75) is 68.8 Å². The number of alkyl halides is 3. The molecule has 0 spiro atoms. The summed E-state index contributed by atoms with van der Waals surface area (Å²) in [5, 5.41) is 20.8. The van der Waals surface area contributed by atoms with E-state index in [0.717, 1.165) is 29.9 Å². The summed E-state index contributed by atoms with van der Waals surface area (Å²) in [5.41, 5.74) is -1.51. The molecule has 41 heavy (non-hydrogen) atoms. The van der Waals surface area contributed by atoms with Gasteiger partial charge in [-0.3, -0.25) is 9.59 Å². The molecule has 0 saturated carbocycles. The zero-order valence-electron chi connectivity index (χ0n) is 22.0. The van der Waals surface area contributed by atoms with E-state index >= 15 is 0 Å². The molecule has 224 valence electrons. The first kappa shape index (κ1) is 33.0. The molecule has 2 aromatic rings. The quantitative estimate of drug-likeness (QED) is 0.382. The highest BCUT2D eigenvalue weighted by Crippen LogP contribution is 2.42. The molecule has 1 saturated heterocycles. The number of sulfonamides is 1. The van der Waals surface area contributed by atoms with Gasteiger partial charge in [-0.2, -0.15) is 23.2 Å². The third-order valence-corrected chi connectivity index (χ3v) is 9.69. The Morgan fingerprint density at radius 3 is 2.51 bits per heavy atom. The van der Waals surface area contributed by atoms with Gasteiger partial charge in [0.05, 0.1) is 26.6 Å². The van der Waals surface area contributed by atoms with Crippen molar-refractivity contribution in [1.82, 2.24) is 19.9 Å². The standard InChI is InChI=1S/C24H26Cl2F3N5O5S2/c1-12(24(27,28)29)33-41(38,39)15-8-7-14(16(25)17(15)26)19-18(22(36)34-9-5-4-6-13(34)10-30)32-21(40-19)20(35)31-11-23(2,3)37/h7-8,12-13,33,37H,4-6,9,11H2,1-3H3,(H,31,35). The maximum atomic E-state index is 13.6. The molecule has 10 nitrogen and oxygen atoms in total. The van der Waals surface area contributed by atoms with Crippen LogP contribution in [0.4, 0.5) is 13.2 Å². The molecule has 1 aromatic carbocycles. The number of nitrogens with one attached hydrogen (secondary N) is 2. The van der Waals surface area contributed by atoms with Gasteiger partial charge in [-0.05, 0) is 46.1 Å². The summed E-state index contributed by atoms with van der Waals surface area (Å²) < 4.78 is 65.8. The minimum atomic E-state index is -4.86. The number of amides is 2. The van der Waals surface area contributed by atoms with Crippen LogP contribution in [0.1, 0.15) is 60.3 Å². The Balaban J connectivity index is 2.11. The van der Waals surface area contributed by atoms with E-state index in [0.29, 0.717) is 19.8 Å². The van der Waals surface area contributed by atoms with E-state index in [2.05, 4.69) is 16.4 Å². The lowest BCUT2D eigenvalue weighted by atomic mass is 10.0. The first-order valence-corrected chi connectivity index (χ1v) is 15.2. The van der Waals surface area contributed by atoms with Gasteiger partial charge in [-0.15, -0.1) is 11.3 Å². The zero-order valence-corrected chi connectivity index (χ0v) is 25.1. The number of hydrogen-bond acceptors (Lipinski definition) is 8. The summed E-state index contributed by atoms with van der Waals surface area (Å²) in [6.07, 6.45) is -3.07. The predicted molar refractivity (Wildman–Crippen MR) is 146 cm³/mol. The largest absolute Gasteiger partial charge is 0.404 e. The molecule has 2 atom stereocenters. The lowest BCUT2D eigenvalue weighted by molar-refractivity contribution is -0.147. The Labute approximate surface area is 248 Å². The Morgan fingerprint density at radius 1 is 1.27 bits per heavy atom. The number of aromatic nitrogens is 1. The highest BCUT2D eigenvalue weighted by molar-refractivity contribution is 7.89. The normalized spacial score (nSPS) is 17.2. The smallest absolute Gasteiger partial charge is 0.389 e. The summed E-state index contributed by atoms with van der Waals surface area (Å²) in [6.45, 7) is 3.67. The highest BCUT2D eigenvalue weighted by atomic mass is 35.5. The Morgan fingerprint density at radius 2 is 1.93 bits per heavy atom. The van der Waals surface area contributed by atoms with Crippen molar-refractivity contribution in [3.8, 4) is 16.5 Å². The third-order valence-electron chi connectivity index (χ3n) is 6.02. The van der Waals surface area contributed by atoms with E-state index in [1.54, 1.807) is 0 Å². The molecule has 1 aromatic heterocycles. The fourth-order valence-corrected chi connectivity index (χ4v) is 7.00. The van der Waals surface area contributed by atoms with Crippen LogP contribution in [-0.2, 0) is 10.0 Å². The second-order valence-corrected chi connectivity index (χ2v) is 13.4. The topological polar surface area (TPSA) is 152 Å². The zero-order chi connectivity index (χ0) is 30.9. The predicted octanol–water partition coefficient (Wildman–Crippen LogP) is 4.36. The van der Waals surface area contributed by atoms with Crippen molar-refractivity contribution in [3.63, 3.8) is 0 Å². The third kappa shape index (κ3) is 7.68. The Kier molecular flexibility index (Phi) is 9.99. The minimum Gasteiger partial charge on any atom is -0.389 e. The summed E-state index contributed by atoms with van der Waals surface area (Å²) >= 11 is 13.4. The molecular weight excluding hydrogens is 630 g/mol. The fraction of sp³-hybridized carbons (Fsp3) is 0.500. The molecule has 2 amide bonds.